The first-order valence-electron chi connectivity index (χ1n) is 7.44. The number of aromatic amines is 1. The second-order valence-corrected chi connectivity index (χ2v) is 9.01. The Bertz CT molecular complexity index is 748. The van der Waals surface area contributed by atoms with Gasteiger partial charge < -0.3 is 0 Å². The average Bonchev–Trinajstić information content (AvgIpc) is 3.08. The normalized spacial score (nSPS) is 20.4. The summed E-state index contributed by atoms with van der Waals surface area (Å²) < 4.78 is 23.7. The molecule has 0 aromatic carbocycles. The van der Waals surface area contributed by atoms with Crippen molar-refractivity contribution in [2.24, 2.45) is 0 Å². The number of thiophene rings is 1. The van der Waals surface area contributed by atoms with E-state index in [0.717, 1.165) is 38.2 Å². The Hall–Kier alpha value is -1.18. The minimum Gasteiger partial charge on any atom is -0.298 e. The number of aromatic nitrogens is 2. The molecule has 3 rings (SSSR count). The summed E-state index contributed by atoms with van der Waals surface area (Å²) in [7, 11) is -3.22. The fourth-order valence-corrected chi connectivity index (χ4v) is 4.88. The van der Waals surface area contributed by atoms with Gasteiger partial charge in [-0.25, -0.2) is 8.42 Å². The van der Waals surface area contributed by atoms with Crippen molar-refractivity contribution in [3.05, 3.63) is 33.8 Å². The number of hydrogen-bond donors (Lipinski definition) is 1. The van der Waals surface area contributed by atoms with E-state index in [1.165, 1.54) is 22.9 Å². The monoisotopic (exact) mass is 339 g/mol. The van der Waals surface area contributed by atoms with E-state index in [1.807, 2.05) is 0 Å². The zero-order valence-corrected chi connectivity index (χ0v) is 14.5. The third-order valence-corrected chi connectivity index (χ3v) is 6.41. The molecule has 1 saturated heterocycles. The quantitative estimate of drug-likeness (QED) is 0.930. The molecule has 1 atom stereocenters. The van der Waals surface area contributed by atoms with E-state index in [9.17, 15) is 8.42 Å². The molecule has 2 aromatic heterocycles. The van der Waals surface area contributed by atoms with Gasteiger partial charge in [0.2, 0.25) is 0 Å². The molecule has 1 fully saturated rings. The van der Waals surface area contributed by atoms with Crippen LogP contribution in [-0.2, 0) is 16.4 Å². The van der Waals surface area contributed by atoms with Gasteiger partial charge >= 0.3 is 0 Å². The summed E-state index contributed by atoms with van der Waals surface area (Å²) in [6, 6.07) is 2.15. The van der Waals surface area contributed by atoms with Gasteiger partial charge in [0.1, 0.15) is 4.90 Å². The predicted octanol–water partition coefficient (Wildman–Crippen LogP) is 2.56. The van der Waals surface area contributed by atoms with Crippen molar-refractivity contribution in [1.82, 2.24) is 15.1 Å². The van der Waals surface area contributed by atoms with Crippen LogP contribution in [0.3, 0.4) is 0 Å². The number of hydrogen-bond acceptors (Lipinski definition) is 5. The standard InChI is InChI=1S/C15H21N3O2S2/c1-11-5-7-21-13(11)10-18-6-3-4-12(9-18)15-14(8-16-17-15)22(2,19)20/h5,7-8,12H,3-4,6,9-10H2,1-2H3,(H,16,17)/t12-/m0/s1. The number of nitrogens with zero attached hydrogens (tertiary/aromatic N) is 2. The molecule has 0 unspecified atom stereocenters. The molecule has 22 heavy (non-hydrogen) atoms. The van der Waals surface area contributed by atoms with Crippen LogP contribution in [-0.4, -0.2) is 42.9 Å². The van der Waals surface area contributed by atoms with Crippen LogP contribution in [0.4, 0.5) is 0 Å². The highest BCUT2D eigenvalue weighted by Gasteiger charge is 2.27. The van der Waals surface area contributed by atoms with Crippen LogP contribution in [0.15, 0.2) is 22.5 Å². The summed E-state index contributed by atoms with van der Waals surface area (Å²) in [6.07, 6.45) is 4.77. The number of nitrogens with one attached hydrogen (secondary N) is 1. The molecule has 0 amide bonds. The van der Waals surface area contributed by atoms with Gasteiger partial charge in [0.25, 0.3) is 0 Å². The summed E-state index contributed by atoms with van der Waals surface area (Å²) in [6.45, 7) is 5.03. The molecule has 2 aromatic rings. The van der Waals surface area contributed by atoms with Gasteiger partial charge in [0.15, 0.2) is 9.84 Å². The second kappa shape index (κ2) is 6.14. The Balaban J connectivity index is 1.76. The molecular formula is C15H21N3O2S2. The van der Waals surface area contributed by atoms with Crippen LogP contribution >= 0.6 is 11.3 Å². The lowest BCUT2D eigenvalue weighted by Gasteiger charge is -2.32. The Kier molecular flexibility index (Phi) is 4.38. The molecule has 0 bridgehead atoms. The summed E-state index contributed by atoms with van der Waals surface area (Å²) in [5.41, 5.74) is 2.11. The molecular weight excluding hydrogens is 318 g/mol. The van der Waals surface area contributed by atoms with Crippen LogP contribution in [0.25, 0.3) is 0 Å². The van der Waals surface area contributed by atoms with Gasteiger partial charge in [-0.2, -0.15) is 5.10 Å². The maximum Gasteiger partial charge on any atom is 0.178 e. The van der Waals surface area contributed by atoms with Crippen LogP contribution < -0.4 is 0 Å². The van der Waals surface area contributed by atoms with Crippen molar-refractivity contribution in [2.75, 3.05) is 19.3 Å². The van der Waals surface area contributed by atoms with Gasteiger partial charge in [-0.3, -0.25) is 10.00 Å². The molecule has 1 aliphatic rings. The highest BCUT2D eigenvalue weighted by molar-refractivity contribution is 7.90. The predicted molar refractivity (Wildman–Crippen MR) is 88.0 cm³/mol. The molecule has 7 heteroatoms. The van der Waals surface area contributed by atoms with Gasteiger partial charge in [-0.05, 0) is 43.3 Å². The van der Waals surface area contributed by atoms with Gasteiger partial charge in [-0.1, -0.05) is 0 Å². The van der Waals surface area contributed by atoms with E-state index >= 15 is 0 Å². The van der Waals surface area contributed by atoms with E-state index in [0.29, 0.717) is 4.90 Å². The first kappa shape index (κ1) is 15.7. The van der Waals surface area contributed by atoms with Gasteiger partial charge in [0, 0.05) is 30.1 Å². The van der Waals surface area contributed by atoms with Crippen LogP contribution in [0, 0.1) is 6.92 Å². The van der Waals surface area contributed by atoms with Crippen molar-refractivity contribution in [1.29, 1.82) is 0 Å². The first-order valence-corrected chi connectivity index (χ1v) is 10.2. The smallest absolute Gasteiger partial charge is 0.178 e. The van der Waals surface area contributed by atoms with E-state index in [2.05, 4.69) is 33.5 Å². The highest BCUT2D eigenvalue weighted by atomic mass is 32.2. The molecule has 1 aliphatic heterocycles. The van der Waals surface area contributed by atoms with Crippen LogP contribution in [0.2, 0.25) is 0 Å². The minimum absolute atomic E-state index is 0.209. The fraction of sp³-hybridized carbons (Fsp3) is 0.533. The lowest BCUT2D eigenvalue weighted by atomic mass is 9.95. The molecule has 0 aliphatic carbocycles. The fourth-order valence-electron chi connectivity index (χ4n) is 3.08. The summed E-state index contributed by atoms with van der Waals surface area (Å²) in [4.78, 5) is 4.17. The van der Waals surface area contributed by atoms with Crippen molar-refractivity contribution in [3.8, 4) is 0 Å². The lowest BCUT2D eigenvalue weighted by Crippen LogP contribution is -2.34. The van der Waals surface area contributed by atoms with Crippen LogP contribution in [0.1, 0.15) is 34.9 Å². The number of likely N-dealkylation sites (tertiary alicyclic amines) is 1. The van der Waals surface area contributed by atoms with E-state index in [1.54, 1.807) is 11.3 Å². The molecule has 0 spiro atoms. The Morgan fingerprint density at radius 2 is 2.32 bits per heavy atom. The third kappa shape index (κ3) is 3.26. The Labute approximate surface area is 135 Å². The van der Waals surface area contributed by atoms with E-state index in [4.69, 9.17) is 0 Å². The topological polar surface area (TPSA) is 66.1 Å². The van der Waals surface area contributed by atoms with Crippen molar-refractivity contribution >= 4 is 21.2 Å². The van der Waals surface area contributed by atoms with Crippen molar-refractivity contribution in [2.45, 2.75) is 37.1 Å². The molecule has 5 nitrogen and oxygen atoms in total. The summed E-state index contributed by atoms with van der Waals surface area (Å²) in [5, 5.41) is 9.01. The highest BCUT2D eigenvalue weighted by Crippen LogP contribution is 2.31. The molecule has 0 radical (unpaired) electrons. The zero-order valence-electron chi connectivity index (χ0n) is 12.9. The van der Waals surface area contributed by atoms with Crippen LogP contribution in [0.5, 0.6) is 0 Å². The number of aryl methyl sites for hydroxylation is 1. The third-order valence-electron chi connectivity index (χ3n) is 4.28. The minimum atomic E-state index is -3.22. The Morgan fingerprint density at radius 1 is 1.50 bits per heavy atom. The number of rotatable bonds is 4. The SMILES string of the molecule is Cc1ccsc1CN1CCC[C@H](c2[nH]ncc2S(C)(=O)=O)C1. The maximum absolute atomic E-state index is 11.9. The molecule has 1 N–H and O–H groups in total. The summed E-state index contributed by atoms with van der Waals surface area (Å²) in [5.74, 6) is 0.209. The molecule has 120 valence electrons. The first-order chi connectivity index (χ1) is 10.4. The average molecular weight is 339 g/mol. The lowest BCUT2D eigenvalue weighted by molar-refractivity contribution is 0.198. The molecule has 3 heterocycles. The van der Waals surface area contributed by atoms with Gasteiger partial charge in [-0.15, -0.1) is 11.3 Å². The Morgan fingerprint density at radius 3 is 3.00 bits per heavy atom. The van der Waals surface area contributed by atoms with Crippen molar-refractivity contribution in [3.63, 3.8) is 0 Å². The molecule has 0 saturated carbocycles. The second-order valence-electron chi connectivity index (χ2n) is 6.02. The summed E-state index contributed by atoms with van der Waals surface area (Å²) >= 11 is 1.79. The van der Waals surface area contributed by atoms with Gasteiger partial charge in [0.05, 0.1) is 11.9 Å². The van der Waals surface area contributed by atoms with E-state index in [-0.39, 0.29) is 5.92 Å². The van der Waals surface area contributed by atoms with E-state index < -0.39 is 9.84 Å². The number of sulfone groups is 1. The number of H-pyrrole nitrogens is 1. The maximum atomic E-state index is 11.9. The van der Waals surface area contributed by atoms with Crippen molar-refractivity contribution < 1.29 is 8.42 Å². The largest absolute Gasteiger partial charge is 0.298 e. The zero-order chi connectivity index (χ0) is 15.7. The number of piperidine rings is 1.